The summed E-state index contributed by atoms with van der Waals surface area (Å²) in [4.78, 5) is 0. The Labute approximate surface area is 120 Å². The maximum Gasteiger partial charge on any atom is 0.218 e. The smallest absolute Gasteiger partial charge is 0.218 e. The molecule has 2 rings (SSSR count). The molecule has 0 bridgehead atoms. The third-order valence-corrected chi connectivity index (χ3v) is 5.68. The van der Waals surface area contributed by atoms with Gasteiger partial charge in [0.25, 0.3) is 0 Å². The third-order valence-electron chi connectivity index (χ3n) is 3.83. The Morgan fingerprint density at radius 2 is 1.70 bits per heavy atom. The van der Waals surface area contributed by atoms with Crippen LogP contribution >= 0.6 is 0 Å². The summed E-state index contributed by atoms with van der Waals surface area (Å²) in [5.41, 5.74) is 7.30. The average Bonchev–Trinajstić information content (AvgIpc) is 2.48. The molecule has 0 spiro atoms. The third kappa shape index (κ3) is 3.79. The molecular weight excluding hydrogens is 276 g/mol. The Morgan fingerprint density at radius 1 is 1.15 bits per heavy atom. The number of hydrogen-bond donors (Lipinski definition) is 2. The molecule has 1 heterocycles. The minimum atomic E-state index is -3.27. The molecule has 3 N–H and O–H groups in total. The maximum absolute atomic E-state index is 12.3. The summed E-state index contributed by atoms with van der Waals surface area (Å²) in [5.74, 6) is 0.270. The predicted octanol–water partition coefficient (Wildman–Crippen LogP) is 0.679. The molecule has 0 aliphatic carbocycles. The molecule has 0 saturated carbocycles. The zero-order chi connectivity index (χ0) is 14.6. The van der Waals surface area contributed by atoms with Gasteiger partial charge < -0.3 is 10.8 Å². The van der Waals surface area contributed by atoms with Gasteiger partial charge in [0.2, 0.25) is 10.0 Å². The van der Waals surface area contributed by atoms with Crippen LogP contribution in [-0.4, -0.2) is 37.5 Å². The number of hydrogen-bond acceptors (Lipinski definition) is 4. The van der Waals surface area contributed by atoms with Gasteiger partial charge in [-0.3, -0.25) is 0 Å². The summed E-state index contributed by atoms with van der Waals surface area (Å²) in [7, 11) is -3.27. The number of nitrogens with zero attached hydrogens (tertiary/aromatic N) is 1. The molecule has 1 saturated heterocycles. The standard InChI is InChI=1S/C14H22N2O3S/c15-9-12-1-3-14(4-2-12)11-20(18,19)16-7-5-13(10-17)6-8-16/h1-4,13,17H,5-11,15H2. The summed E-state index contributed by atoms with van der Waals surface area (Å²) < 4.78 is 26.2. The molecule has 0 amide bonds. The van der Waals surface area contributed by atoms with Crippen LogP contribution in [0.5, 0.6) is 0 Å². The van der Waals surface area contributed by atoms with Gasteiger partial charge in [0.1, 0.15) is 0 Å². The average molecular weight is 298 g/mol. The second-order valence-corrected chi connectivity index (χ2v) is 7.27. The van der Waals surface area contributed by atoms with Crippen LogP contribution in [0, 0.1) is 5.92 Å². The molecule has 5 nitrogen and oxygen atoms in total. The molecule has 0 aromatic heterocycles. The van der Waals surface area contributed by atoms with Crippen molar-refractivity contribution >= 4 is 10.0 Å². The maximum atomic E-state index is 12.3. The van der Waals surface area contributed by atoms with Gasteiger partial charge in [-0.2, -0.15) is 0 Å². The number of aliphatic hydroxyl groups is 1. The molecule has 0 atom stereocenters. The quantitative estimate of drug-likeness (QED) is 0.837. The minimum absolute atomic E-state index is 0.0294. The van der Waals surface area contributed by atoms with E-state index >= 15 is 0 Å². The molecular formula is C14H22N2O3S. The number of sulfonamides is 1. The van der Waals surface area contributed by atoms with Crippen LogP contribution in [0.15, 0.2) is 24.3 Å². The van der Waals surface area contributed by atoms with E-state index in [-0.39, 0.29) is 18.3 Å². The van der Waals surface area contributed by atoms with E-state index in [1.165, 1.54) is 4.31 Å². The van der Waals surface area contributed by atoms with E-state index in [1.807, 2.05) is 24.3 Å². The van der Waals surface area contributed by atoms with E-state index in [0.29, 0.717) is 19.6 Å². The lowest BCUT2D eigenvalue weighted by molar-refractivity contribution is 0.170. The number of piperidine rings is 1. The molecule has 112 valence electrons. The van der Waals surface area contributed by atoms with E-state index in [0.717, 1.165) is 24.0 Å². The second-order valence-electron chi connectivity index (χ2n) is 5.30. The van der Waals surface area contributed by atoms with Crippen LogP contribution in [0.25, 0.3) is 0 Å². The molecule has 1 aliphatic rings. The first kappa shape index (κ1) is 15.4. The van der Waals surface area contributed by atoms with E-state index in [9.17, 15) is 8.42 Å². The molecule has 1 aromatic carbocycles. The summed E-state index contributed by atoms with van der Waals surface area (Å²) in [6, 6.07) is 7.37. The van der Waals surface area contributed by atoms with Crippen molar-refractivity contribution in [2.45, 2.75) is 25.1 Å². The molecule has 6 heteroatoms. The minimum Gasteiger partial charge on any atom is -0.396 e. The van der Waals surface area contributed by atoms with Gasteiger partial charge in [0, 0.05) is 26.2 Å². The summed E-state index contributed by atoms with van der Waals surface area (Å²) in [6.45, 7) is 1.62. The SMILES string of the molecule is NCc1ccc(CS(=O)(=O)N2CCC(CO)CC2)cc1. The van der Waals surface area contributed by atoms with Crippen molar-refractivity contribution in [2.75, 3.05) is 19.7 Å². The highest BCUT2D eigenvalue weighted by Crippen LogP contribution is 2.21. The van der Waals surface area contributed by atoms with Crippen LogP contribution in [0.2, 0.25) is 0 Å². The number of benzene rings is 1. The van der Waals surface area contributed by atoms with Crippen LogP contribution in [-0.2, 0) is 22.3 Å². The molecule has 1 aliphatic heterocycles. The normalized spacial score (nSPS) is 18.3. The molecule has 0 unspecified atom stereocenters. The molecule has 1 fully saturated rings. The van der Waals surface area contributed by atoms with Crippen molar-refractivity contribution in [1.29, 1.82) is 0 Å². The Balaban J connectivity index is 2.00. The van der Waals surface area contributed by atoms with Gasteiger partial charge in [-0.25, -0.2) is 12.7 Å². The van der Waals surface area contributed by atoms with Crippen LogP contribution in [0.1, 0.15) is 24.0 Å². The summed E-state index contributed by atoms with van der Waals surface area (Å²) >= 11 is 0. The van der Waals surface area contributed by atoms with Gasteiger partial charge in [-0.15, -0.1) is 0 Å². The second kappa shape index (κ2) is 6.67. The fraction of sp³-hybridized carbons (Fsp3) is 0.571. The zero-order valence-electron chi connectivity index (χ0n) is 11.5. The largest absolute Gasteiger partial charge is 0.396 e. The monoisotopic (exact) mass is 298 g/mol. The van der Waals surface area contributed by atoms with Gasteiger partial charge in [0.15, 0.2) is 0 Å². The van der Waals surface area contributed by atoms with Gasteiger partial charge in [-0.1, -0.05) is 24.3 Å². The van der Waals surface area contributed by atoms with Crippen molar-refractivity contribution < 1.29 is 13.5 Å². The Bertz CT molecular complexity index is 520. The van der Waals surface area contributed by atoms with Crippen molar-refractivity contribution in [3.8, 4) is 0 Å². The Morgan fingerprint density at radius 3 is 2.20 bits per heavy atom. The summed E-state index contributed by atoms with van der Waals surface area (Å²) in [6.07, 6.45) is 1.48. The number of nitrogens with two attached hydrogens (primary N) is 1. The molecule has 20 heavy (non-hydrogen) atoms. The van der Waals surface area contributed by atoms with Gasteiger partial charge in [0.05, 0.1) is 5.75 Å². The highest BCUT2D eigenvalue weighted by molar-refractivity contribution is 7.88. The topological polar surface area (TPSA) is 83.6 Å². The summed E-state index contributed by atoms with van der Waals surface area (Å²) in [5, 5.41) is 9.09. The highest BCUT2D eigenvalue weighted by Gasteiger charge is 2.27. The van der Waals surface area contributed by atoms with E-state index in [2.05, 4.69) is 0 Å². The first-order valence-electron chi connectivity index (χ1n) is 6.91. The predicted molar refractivity (Wildman–Crippen MR) is 78.3 cm³/mol. The van der Waals surface area contributed by atoms with Gasteiger partial charge >= 0.3 is 0 Å². The lowest BCUT2D eigenvalue weighted by atomic mass is 10.00. The van der Waals surface area contributed by atoms with E-state index < -0.39 is 10.0 Å². The fourth-order valence-electron chi connectivity index (χ4n) is 2.44. The first-order chi connectivity index (χ1) is 9.55. The molecule has 0 radical (unpaired) electrons. The Hall–Kier alpha value is -0.950. The van der Waals surface area contributed by atoms with E-state index in [1.54, 1.807) is 0 Å². The highest BCUT2D eigenvalue weighted by atomic mass is 32.2. The fourth-order valence-corrected chi connectivity index (χ4v) is 4.01. The number of rotatable bonds is 5. The van der Waals surface area contributed by atoms with Crippen molar-refractivity contribution in [3.63, 3.8) is 0 Å². The molecule has 1 aromatic rings. The first-order valence-corrected chi connectivity index (χ1v) is 8.52. The van der Waals surface area contributed by atoms with Crippen LogP contribution in [0.4, 0.5) is 0 Å². The lowest BCUT2D eigenvalue weighted by Crippen LogP contribution is -2.39. The number of aliphatic hydroxyl groups excluding tert-OH is 1. The van der Waals surface area contributed by atoms with E-state index in [4.69, 9.17) is 10.8 Å². The van der Waals surface area contributed by atoms with Crippen molar-refractivity contribution in [2.24, 2.45) is 11.7 Å². The van der Waals surface area contributed by atoms with Crippen LogP contribution < -0.4 is 5.73 Å². The zero-order valence-corrected chi connectivity index (χ0v) is 12.3. The Kier molecular flexibility index (Phi) is 5.15. The van der Waals surface area contributed by atoms with Crippen molar-refractivity contribution in [1.82, 2.24) is 4.31 Å². The van der Waals surface area contributed by atoms with Gasteiger partial charge in [-0.05, 0) is 29.9 Å². The lowest BCUT2D eigenvalue weighted by Gasteiger charge is -2.30. The van der Waals surface area contributed by atoms with Crippen molar-refractivity contribution in [3.05, 3.63) is 35.4 Å². The van der Waals surface area contributed by atoms with Crippen LogP contribution in [0.3, 0.4) is 0 Å².